The van der Waals surface area contributed by atoms with Crippen LogP contribution in [0, 0.1) is 11.2 Å². The number of methoxy groups -OCH3 is 1. The predicted molar refractivity (Wildman–Crippen MR) is 141 cm³/mol. The van der Waals surface area contributed by atoms with Crippen molar-refractivity contribution in [2.24, 2.45) is 5.41 Å². The van der Waals surface area contributed by atoms with Gasteiger partial charge in [-0.25, -0.2) is 4.39 Å². The van der Waals surface area contributed by atoms with Gasteiger partial charge in [-0.3, -0.25) is 4.79 Å². The quantitative estimate of drug-likeness (QED) is 0.318. The summed E-state index contributed by atoms with van der Waals surface area (Å²) in [5, 5.41) is 3.69. The van der Waals surface area contributed by atoms with Gasteiger partial charge in [-0.2, -0.15) is 0 Å². The lowest BCUT2D eigenvalue weighted by molar-refractivity contribution is -0.000603. The number of nitrogens with one attached hydrogen (secondary N) is 1. The van der Waals surface area contributed by atoms with Crippen LogP contribution in [0.25, 0.3) is 22.0 Å². The number of rotatable bonds is 6. The van der Waals surface area contributed by atoms with Gasteiger partial charge in [0, 0.05) is 17.6 Å². The number of hydrogen-bond donors (Lipinski definition) is 1. The molecule has 4 aromatic rings. The molecule has 5 heteroatoms. The lowest BCUT2D eigenvalue weighted by atomic mass is 9.54. The summed E-state index contributed by atoms with van der Waals surface area (Å²) >= 11 is 0. The minimum Gasteiger partial charge on any atom is -0.497 e. The Morgan fingerprint density at radius 2 is 1.83 bits per heavy atom. The summed E-state index contributed by atoms with van der Waals surface area (Å²) in [6, 6.07) is 21.3. The highest BCUT2D eigenvalue weighted by Gasteiger charge is 2.48. The Morgan fingerprint density at radius 1 is 1.06 bits per heavy atom. The van der Waals surface area contributed by atoms with Crippen molar-refractivity contribution in [3.63, 3.8) is 0 Å². The molecule has 0 aliphatic heterocycles. The molecule has 2 fully saturated rings. The molecule has 0 bridgehead atoms. The summed E-state index contributed by atoms with van der Waals surface area (Å²) in [6.07, 6.45) is 7.91. The first kappa shape index (κ1) is 22.8. The van der Waals surface area contributed by atoms with Crippen molar-refractivity contribution in [3.8, 4) is 16.9 Å². The smallest absolute Gasteiger partial charge is 0.253 e. The monoisotopic (exact) mass is 482 g/mol. The van der Waals surface area contributed by atoms with Gasteiger partial charge in [-0.05, 0) is 85.0 Å². The van der Waals surface area contributed by atoms with E-state index in [-0.39, 0.29) is 23.8 Å². The van der Waals surface area contributed by atoms with E-state index in [9.17, 15) is 9.18 Å². The molecule has 4 nitrogen and oxygen atoms in total. The number of benzene rings is 3. The maximum absolute atomic E-state index is 14.8. The minimum absolute atomic E-state index is 0.0721. The van der Waals surface area contributed by atoms with Crippen LogP contribution in [0.2, 0.25) is 0 Å². The molecule has 184 valence electrons. The molecular weight excluding hydrogens is 451 g/mol. The fourth-order valence-corrected chi connectivity index (χ4v) is 6.11. The van der Waals surface area contributed by atoms with E-state index in [4.69, 9.17) is 4.74 Å². The molecule has 1 atom stereocenters. The Bertz CT molecular complexity index is 1430. The zero-order valence-corrected chi connectivity index (χ0v) is 20.8. The summed E-state index contributed by atoms with van der Waals surface area (Å²) in [6.45, 7) is 2.08. The van der Waals surface area contributed by atoms with Crippen molar-refractivity contribution in [2.45, 2.75) is 51.1 Å². The van der Waals surface area contributed by atoms with Gasteiger partial charge in [0.2, 0.25) is 0 Å². The molecule has 6 rings (SSSR count). The zero-order chi connectivity index (χ0) is 24.9. The van der Waals surface area contributed by atoms with Crippen molar-refractivity contribution < 1.29 is 13.9 Å². The first-order chi connectivity index (χ1) is 17.5. The molecule has 2 aliphatic rings. The molecule has 1 amide bonds. The van der Waals surface area contributed by atoms with Crippen LogP contribution < -0.4 is 10.1 Å². The maximum Gasteiger partial charge on any atom is 0.253 e. The van der Waals surface area contributed by atoms with Gasteiger partial charge in [0.1, 0.15) is 11.6 Å². The largest absolute Gasteiger partial charge is 0.497 e. The Hall–Kier alpha value is -3.60. The van der Waals surface area contributed by atoms with Crippen LogP contribution in [0.3, 0.4) is 0 Å². The minimum atomic E-state index is -0.307. The third-order valence-corrected chi connectivity index (χ3v) is 8.39. The standard InChI is InChI=1S/C31H31FN2O2/c1-20(21-7-9-22(10-8-21)23-5-3-6-25(17-23)36-2)34-16-13-26-28(32)12-11-27(29(26)34)30(35)33-24-18-31(19-24)14-4-15-31/h3,5-13,16-17,20,24H,4,14-15,18-19H2,1-2H3,(H,33,35). The number of carbonyl (C=O) groups is 1. The van der Waals surface area contributed by atoms with Crippen LogP contribution >= 0.6 is 0 Å². The van der Waals surface area contributed by atoms with E-state index in [1.165, 1.54) is 25.3 Å². The van der Waals surface area contributed by atoms with Crippen molar-refractivity contribution in [1.82, 2.24) is 9.88 Å². The number of halogens is 1. The average molecular weight is 483 g/mol. The second-order valence-corrected chi connectivity index (χ2v) is 10.5. The number of aromatic nitrogens is 1. The second kappa shape index (κ2) is 8.81. The fourth-order valence-electron chi connectivity index (χ4n) is 6.11. The SMILES string of the molecule is COc1cccc(-c2ccc(C(C)n3ccc4c(F)ccc(C(=O)NC5CC6(CCC6)C5)c43)cc2)c1. The molecular formula is C31H31FN2O2. The molecule has 36 heavy (non-hydrogen) atoms. The van der Waals surface area contributed by atoms with Crippen LogP contribution in [-0.2, 0) is 0 Å². The Balaban J connectivity index is 1.28. The summed E-state index contributed by atoms with van der Waals surface area (Å²) < 4.78 is 22.1. The van der Waals surface area contributed by atoms with E-state index >= 15 is 0 Å². The van der Waals surface area contributed by atoms with Crippen molar-refractivity contribution in [1.29, 1.82) is 0 Å². The summed E-state index contributed by atoms with van der Waals surface area (Å²) in [5.74, 6) is 0.402. The third-order valence-electron chi connectivity index (χ3n) is 8.39. The molecule has 1 heterocycles. The fraction of sp³-hybridized carbons (Fsp3) is 0.323. The molecule has 0 radical (unpaired) electrons. The molecule has 1 aromatic heterocycles. The molecule has 2 saturated carbocycles. The lowest BCUT2D eigenvalue weighted by Crippen LogP contribution is -2.53. The van der Waals surface area contributed by atoms with Gasteiger partial charge in [-0.1, -0.05) is 42.8 Å². The van der Waals surface area contributed by atoms with E-state index in [2.05, 4.69) is 42.6 Å². The first-order valence-electron chi connectivity index (χ1n) is 12.8. The van der Waals surface area contributed by atoms with Crippen LogP contribution in [0.1, 0.15) is 61.0 Å². The number of fused-ring (bicyclic) bond motifs is 1. The van der Waals surface area contributed by atoms with E-state index in [0.717, 1.165) is 35.3 Å². The molecule has 1 unspecified atom stereocenters. The lowest BCUT2D eigenvalue weighted by Gasteiger charge is -2.54. The van der Waals surface area contributed by atoms with Gasteiger partial charge in [-0.15, -0.1) is 0 Å². The van der Waals surface area contributed by atoms with E-state index in [1.807, 2.05) is 29.0 Å². The molecule has 1 N–H and O–H groups in total. The van der Waals surface area contributed by atoms with E-state index in [0.29, 0.717) is 21.9 Å². The highest BCUT2D eigenvalue weighted by Crippen LogP contribution is 2.55. The topological polar surface area (TPSA) is 43.3 Å². The van der Waals surface area contributed by atoms with Crippen molar-refractivity contribution >= 4 is 16.8 Å². The van der Waals surface area contributed by atoms with E-state index in [1.54, 1.807) is 19.2 Å². The van der Waals surface area contributed by atoms with Gasteiger partial charge in [0.25, 0.3) is 5.91 Å². The zero-order valence-electron chi connectivity index (χ0n) is 20.8. The Morgan fingerprint density at radius 3 is 2.53 bits per heavy atom. The summed E-state index contributed by atoms with van der Waals surface area (Å²) in [4.78, 5) is 13.3. The van der Waals surface area contributed by atoms with Gasteiger partial charge in [0.15, 0.2) is 0 Å². The normalized spacial score (nSPS) is 17.4. The molecule has 0 saturated heterocycles. The number of hydrogen-bond acceptors (Lipinski definition) is 2. The Labute approximate surface area is 211 Å². The second-order valence-electron chi connectivity index (χ2n) is 10.5. The third kappa shape index (κ3) is 3.87. The Kier molecular flexibility index (Phi) is 5.59. The maximum atomic E-state index is 14.8. The van der Waals surface area contributed by atoms with E-state index < -0.39 is 0 Å². The predicted octanol–water partition coefficient (Wildman–Crippen LogP) is 7.13. The first-order valence-corrected chi connectivity index (χ1v) is 12.8. The summed E-state index contributed by atoms with van der Waals surface area (Å²) in [5.41, 5.74) is 4.93. The van der Waals surface area contributed by atoms with Crippen LogP contribution in [0.4, 0.5) is 4.39 Å². The molecule has 1 spiro atoms. The highest BCUT2D eigenvalue weighted by atomic mass is 19.1. The summed E-state index contributed by atoms with van der Waals surface area (Å²) in [7, 11) is 1.67. The van der Waals surface area contributed by atoms with Crippen LogP contribution in [0.5, 0.6) is 5.75 Å². The molecule has 3 aromatic carbocycles. The number of carbonyl (C=O) groups excluding carboxylic acids is 1. The van der Waals surface area contributed by atoms with Gasteiger partial charge < -0.3 is 14.6 Å². The van der Waals surface area contributed by atoms with Gasteiger partial charge in [0.05, 0.1) is 24.2 Å². The van der Waals surface area contributed by atoms with Crippen LogP contribution in [-0.4, -0.2) is 23.6 Å². The van der Waals surface area contributed by atoms with Crippen LogP contribution in [0.15, 0.2) is 72.9 Å². The average Bonchev–Trinajstić information content (AvgIpc) is 3.30. The number of nitrogens with zero attached hydrogens (tertiary/aromatic N) is 1. The number of amides is 1. The molecule has 2 aliphatic carbocycles. The van der Waals surface area contributed by atoms with Crippen molar-refractivity contribution in [2.75, 3.05) is 7.11 Å². The number of ether oxygens (including phenoxy) is 1. The highest BCUT2D eigenvalue weighted by molar-refractivity contribution is 6.06. The van der Waals surface area contributed by atoms with Crippen molar-refractivity contribution in [3.05, 3.63) is 89.9 Å². The van der Waals surface area contributed by atoms with Gasteiger partial charge >= 0.3 is 0 Å².